The molecule has 2 N–H and O–H groups in total. The molecule has 128 valence electrons. The number of hydrogen-bond acceptors (Lipinski definition) is 4. The number of halogens is 2. The van der Waals surface area contributed by atoms with Gasteiger partial charge in [0.2, 0.25) is 0 Å². The third kappa shape index (κ3) is 5.41. The van der Waals surface area contributed by atoms with Crippen molar-refractivity contribution in [1.29, 1.82) is 0 Å². The molecule has 0 radical (unpaired) electrons. The van der Waals surface area contributed by atoms with Crippen molar-refractivity contribution in [2.24, 2.45) is 5.73 Å². The fourth-order valence-corrected chi connectivity index (χ4v) is 3.61. The second-order valence-corrected chi connectivity index (χ2v) is 6.54. The van der Waals surface area contributed by atoms with Crippen LogP contribution in [-0.4, -0.2) is 29.2 Å². The van der Waals surface area contributed by atoms with Crippen LogP contribution in [0.25, 0.3) is 0 Å². The predicted octanol–water partition coefficient (Wildman–Crippen LogP) is 3.88. The van der Waals surface area contributed by atoms with Gasteiger partial charge in [-0.2, -0.15) is 0 Å². The van der Waals surface area contributed by atoms with Gasteiger partial charge in [-0.1, -0.05) is 30.8 Å². The van der Waals surface area contributed by atoms with Gasteiger partial charge >= 0.3 is 0 Å². The van der Waals surface area contributed by atoms with E-state index < -0.39 is 0 Å². The first-order valence-electron chi connectivity index (χ1n) is 8.24. The molecule has 4 nitrogen and oxygen atoms in total. The summed E-state index contributed by atoms with van der Waals surface area (Å²) in [4.78, 5) is 2.42. The quantitative estimate of drug-likeness (QED) is 0.899. The molecule has 2 heterocycles. The summed E-state index contributed by atoms with van der Waals surface area (Å²) >= 11 is 0. The lowest BCUT2D eigenvalue weighted by atomic mass is 9.87. The van der Waals surface area contributed by atoms with Gasteiger partial charge in [-0.05, 0) is 32.2 Å². The van der Waals surface area contributed by atoms with E-state index in [0.29, 0.717) is 12.0 Å². The molecule has 6 heteroatoms. The lowest BCUT2D eigenvalue weighted by Gasteiger charge is -2.20. The van der Waals surface area contributed by atoms with Crippen LogP contribution in [0.2, 0.25) is 0 Å². The standard InChI is InChI=1S/C16H27N3O.2ClH/c17-14-8-4-5-9-19(11-14)12-15-10-16(18-20-15)13-6-2-1-3-7-13;;/h10,13-14H,1-9,11-12,17H2;2*1H. The molecule has 0 bridgehead atoms. The van der Waals surface area contributed by atoms with E-state index in [0.717, 1.165) is 31.8 Å². The highest BCUT2D eigenvalue weighted by molar-refractivity contribution is 5.85. The Kier molecular flexibility index (Phi) is 8.77. The Hall–Kier alpha value is -0.290. The molecule has 1 saturated heterocycles. The van der Waals surface area contributed by atoms with Gasteiger partial charge in [0.15, 0.2) is 5.76 Å². The van der Waals surface area contributed by atoms with Crippen LogP contribution in [0.5, 0.6) is 0 Å². The van der Waals surface area contributed by atoms with Gasteiger partial charge in [0.05, 0.1) is 12.2 Å². The lowest BCUT2D eigenvalue weighted by molar-refractivity contribution is 0.229. The van der Waals surface area contributed by atoms with E-state index in [-0.39, 0.29) is 24.8 Å². The van der Waals surface area contributed by atoms with Crippen molar-refractivity contribution >= 4 is 24.8 Å². The molecule has 0 spiro atoms. The highest BCUT2D eigenvalue weighted by Crippen LogP contribution is 2.32. The molecule has 3 rings (SSSR count). The summed E-state index contributed by atoms with van der Waals surface area (Å²) in [6.07, 6.45) is 10.3. The van der Waals surface area contributed by atoms with E-state index in [4.69, 9.17) is 10.3 Å². The smallest absolute Gasteiger partial charge is 0.150 e. The average Bonchev–Trinajstić information content (AvgIpc) is 2.83. The van der Waals surface area contributed by atoms with Crippen molar-refractivity contribution in [2.75, 3.05) is 13.1 Å². The molecule has 1 saturated carbocycles. The minimum atomic E-state index is 0. The molecule has 1 aromatic rings. The van der Waals surface area contributed by atoms with E-state index in [1.807, 2.05) is 0 Å². The van der Waals surface area contributed by atoms with Crippen molar-refractivity contribution in [3.8, 4) is 0 Å². The zero-order valence-electron chi connectivity index (χ0n) is 13.2. The summed E-state index contributed by atoms with van der Waals surface area (Å²) in [6.45, 7) is 2.99. The van der Waals surface area contributed by atoms with Gasteiger partial charge in [-0.3, -0.25) is 4.90 Å². The molecule has 2 fully saturated rings. The molecule has 1 aliphatic carbocycles. The topological polar surface area (TPSA) is 55.3 Å². The Labute approximate surface area is 146 Å². The average molecular weight is 350 g/mol. The molecule has 1 aromatic heterocycles. The number of hydrogen-bond donors (Lipinski definition) is 1. The fourth-order valence-electron chi connectivity index (χ4n) is 3.61. The number of nitrogens with zero attached hydrogens (tertiary/aromatic N) is 2. The lowest BCUT2D eigenvalue weighted by Crippen LogP contribution is -2.35. The van der Waals surface area contributed by atoms with Crippen LogP contribution >= 0.6 is 24.8 Å². The Morgan fingerprint density at radius 1 is 1.09 bits per heavy atom. The van der Waals surface area contributed by atoms with E-state index >= 15 is 0 Å². The zero-order chi connectivity index (χ0) is 13.8. The van der Waals surface area contributed by atoms with Crippen LogP contribution in [0.1, 0.15) is 68.7 Å². The monoisotopic (exact) mass is 349 g/mol. The van der Waals surface area contributed by atoms with E-state index in [1.54, 1.807) is 0 Å². The summed E-state index contributed by atoms with van der Waals surface area (Å²) in [7, 11) is 0. The highest BCUT2D eigenvalue weighted by atomic mass is 35.5. The van der Waals surface area contributed by atoms with Crippen molar-refractivity contribution < 1.29 is 4.52 Å². The maximum Gasteiger partial charge on any atom is 0.150 e. The largest absolute Gasteiger partial charge is 0.360 e. The van der Waals surface area contributed by atoms with Gasteiger partial charge in [-0.25, -0.2) is 0 Å². The first kappa shape index (κ1) is 19.8. The summed E-state index contributed by atoms with van der Waals surface area (Å²) in [6, 6.07) is 2.50. The second-order valence-electron chi connectivity index (χ2n) is 6.54. The zero-order valence-corrected chi connectivity index (χ0v) is 14.8. The Morgan fingerprint density at radius 3 is 2.59 bits per heavy atom. The van der Waals surface area contributed by atoms with Crippen molar-refractivity contribution in [2.45, 2.75) is 69.9 Å². The fraction of sp³-hybridized carbons (Fsp3) is 0.812. The molecular formula is C16H29Cl2N3O. The minimum Gasteiger partial charge on any atom is -0.360 e. The third-order valence-electron chi connectivity index (χ3n) is 4.77. The van der Waals surface area contributed by atoms with Crippen molar-refractivity contribution in [3.63, 3.8) is 0 Å². The molecule has 2 aliphatic rings. The number of aromatic nitrogens is 1. The second kappa shape index (κ2) is 9.76. The Bertz CT molecular complexity index is 421. The van der Waals surface area contributed by atoms with Crippen LogP contribution in [0, 0.1) is 0 Å². The maximum atomic E-state index is 6.11. The van der Waals surface area contributed by atoms with Gasteiger partial charge < -0.3 is 10.3 Å². The first-order chi connectivity index (χ1) is 9.81. The van der Waals surface area contributed by atoms with Crippen molar-refractivity contribution in [3.05, 3.63) is 17.5 Å². The molecule has 1 aliphatic heterocycles. The van der Waals surface area contributed by atoms with E-state index in [2.05, 4.69) is 16.1 Å². The first-order valence-corrected chi connectivity index (χ1v) is 8.24. The van der Waals surface area contributed by atoms with Crippen LogP contribution in [0.4, 0.5) is 0 Å². The normalized spacial score (nSPS) is 24.1. The molecule has 1 atom stereocenters. The number of nitrogens with two attached hydrogens (primary N) is 1. The predicted molar refractivity (Wildman–Crippen MR) is 93.9 cm³/mol. The van der Waals surface area contributed by atoms with Gasteiger partial charge in [0.1, 0.15) is 0 Å². The summed E-state index contributed by atoms with van der Waals surface area (Å²) in [5, 5.41) is 4.31. The molecule has 22 heavy (non-hydrogen) atoms. The SMILES string of the molecule is Cl.Cl.NC1CCCCN(Cc2cc(C3CCCCC3)no2)C1. The van der Waals surface area contributed by atoms with Crippen LogP contribution in [0.3, 0.4) is 0 Å². The van der Waals surface area contributed by atoms with Crippen molar-refractivity contribution in [1.82, 2.24) is 10.1 Å². The number of rotatable bonds is 3. The van der Waals surface area contributed by atoms with Gasteiger partial charge in [-0.15, -0.1) is 24.8 Å². The van der Waals surface area contributed by atoms with Crippen LogP contribution < -0.4 is 5.73 Å². The highest BCUT2D eigenvalue weighted by Gasteiger charge is 2.21. The minimum absolute atomic E-state index is 0. The van der Waals surface area contributed by atoms with Crippen LogP contribution in [-0.2, 0) is 6.54 Å². The summed E-state index contributed by atoms with van der Waals surface area (Å²) < 4.78 is 5.56. The summed E-state index contributed by atoms with van der Waals surface area (Å²) in [5.41, 5.74) is 7.29. The molecule has 1 unspecified atom stereocenters. The molecule has 0 amide bonds. The van der Waals surface area contributed by atoms with Gasteiger partial charge in [0, 0.05) is 24.6 Å². The van der Waals surface area contributed by atoms with E-state index in [1.165, 1.54) is 50.6 Å². The molecule has 0 aromatic carbocycles. The van der Waals surface area contributed by atoms with E-state index in [9.17, 15) is 0 Å². The maximum absolute atomic E-state index is 6.11. The number of likely N-dealkylation sites (tertiary alicyclic amines) is 1. The van der Waals surface area contributed by atoms with Gasteiger partial charge in [0.25, 0.3) is 0 Å². The third-order valence-corrected chi connectivity index (χ3v) is 4.77. The molecular weight excluding hydrogens is 321 g/mol. The summed E-state index contributed by atoms with van der Waals surface area (Å²) in [5.74, 6) is 1.65. The van der Waals surface area contributed by atoms with Crippen LogP contribution in [0.15, 0.2) is 10.6 Å². The Balaban J connectivity index is 0.00000121. The Morgan fingerprint density at radius 2 is 1.82 bits per heavy atom.